The average Bonchev–Trinajstić information content (AvgIpc) is 2.41. The maximum Gasteiger partial charge on any atom is 0.152 e. The number of nitrogens with one attached hydrogen (secondary N) is 1. The third-order valence-corrected chi connectivity index (χ3v) is 3.00. The van der Waals surface area contributed by atoms with Gasteiger partial charge in [-0.15, -0.1) is 0 Å². The second-order valence-corrected chi connectivity index (χ2v) is 4.59. The molecule has 3 nitrogen and oxygen atoms in total. The molecule has 0 bridgehead atoms. The highest BCUT2D eigenvalue weighted by molar-refractivity contribution is 6.31. The maximum absolute atomic E-state index is 13.7. The largest absolute Gasteiger partial charge is 0.378 e. The predicted octanol–water partition coefficient (Wildman–Crippen LogP) is 3.81. The highest BCUT2D eigenvalue weighted by Crippen LogP contribution is 2.22. The first-order valence-electron chi connectivity index (χ1n) is 5.75. The fourth-order valence-electron chi connectivity index (χ4n) is 1.70. The molecular formula is C14H10ClF2N3. The number of hydrogen-bond acceptors (Lipinski definition) is 3. The van der Waals surface area contributed by atoms with Gasteiger partial charge < -0.3 is 5.32 Å². The molecule has 0 saturated heterocycles. The van der Waals surface area contributed by atoms with Gasteiger partial charge in [-0.25, -0.2) is 13.8 Å². The maximum atomic E-state index is 13.7. The summed E-state index contributed by atoms with van der Waals surface area (Å²) in [6.07, 6.45) is 1.59. The van der Waals surface area contributed by atoms with Crippen LogP contribution in [0.2, 0.25) is 5.15 Å². The van der Waals surface area contributed by atoms with Gasteiger partial charge in [0.2, 0.25) is 0 Å². The molecule has 0 aliphatic rings. The number of aryl methyl sites for hydroxylation is 1. The lowest BCUT2D eigenvalue weighted by atomic mass is 10.1. The van der Waals surface area contributed by atoms with E-state index in [-0.39, 0.29) is 22.8 Å². The Morgan fingerprint density at radius 2 is 1.95 bits per heavy atom. The van der Waals surface area contributed by atoms with Crippen molar-refractivity contribution in [2.24, 2.45) is 0 Å². The lowest BCUT2D eigenvalue weighted by molar-refractivity contribution is 0.559. The molecule has 1 aromatic carbocycles. The van der Waals surface area contributed by atoms with Crippen LogP contribution in [0.4, 0.5) is 14.5 Å². The van der Waals surface area contributed by atoms with Crippen molar-refractivity contribution in [3.05, 3.63) is 57.9 Å². The summed E-state index contributed by atoms with van der Waals surface area (Å²) in [5.74, 6) is -1.54. The van der Waals surface area contributed by atoms with E-state index in [0.29, 0.717) is 5.69 Å². The van der Waals surface area contributed by atoms with Gasteiger partial charge in [0, 0.05) is 18.3 Å². The lowest BCUT2D eigenvalue weighted by Crippen LogP contribution is -2.06. The minimum absolute atomic E-state index is 0.0565. The van der Waals surface area contributed by atoms with Crippen molar-refractivity contribution in [3.63, 3.8) is 0 Å². The first-order valence-corrected chi connectivity index (χ1v) is 6.13. The van der Waals surface area contributed by atoms with E-state index in [1.807, 2.05) is 6.92 Å². The van der Waals surface area contributed by atoms with Crippen molar-refractivity contribution in [1.82, 2.24) is 4.98 Å². The van der Waals surface area contributed by atoms with Crippen LogP contribution < -0.4 is 5.32 Å². The van der Waals surface area contributed by atoms with Gasteiger partial charge in [-0.3, -0.25) is 0 Å². The van der Waals surface area contributed by atoms with Gasteiger partial charge in [0.05, 0.1) is 17.3 Å². The van der Waals surface area contributed by atoms with Crippen LogP contribution in [-0.4, -0.2) is 4.98 Å². The topological polar surface area (TPSA) is 48.7 Å². The first-order chi connectivity index (χ1) is 9.51. The monoisotopic (exact) mass is 293 g/mol. The van der Waals surface area contributed by atoms with Crippen molar-refractivity contribution >= 4 is 17.3 Å². The van der Waals surface area contributed by atoms with E-state index in [2.05, 4.69) is 10.3 Å². The number of nitriles is 1. The number of pyridine rings is 1. The van der Waals surface area contributed by atoms with Crippen molar-refractivity contribution < 1.29 is 8.78 Å². The minimum atomic E-state index is -0.772. The Bertz CT molecular complexity index is 672. The van der Waals surface area contributed by atoms with Gasteiger partial charge in [0.25, 0.3) is 0 Å². The van der Waals surface area contributed by atoms with Crippen LogP contribution in [0.15, 0.2) is 24.4 Å². The van der Waals surface area contributed by atoms with Gasteiger partial charge in [-0.1, -0.05) is 11.6 Å². The molecule has 1 heterocycles. The quantitative estimate of drug-likeness (QED) is 0.876. The molecule has 2 aromatic rings. The summed E-state index contributed by atoms with van der Waals surface area (Å²) in [5.41, 5.74) is 1.16. The summed E-state index contributed by atoms with van der Waals surface area (Å²) in [6, 6.07) is 5.42. The number of anilines is 1. The van der Waals surface area contributed by atoms with E-state index in [0.717, 1.165) is 17.7 Å². The van der Waals surface area contributed by atoms with Crippen LogP contribution in [-0.2, 0) is 6.54 Å². The standard InChI is InChI=1S/C14H10ClF2N3/c1-8-2-13(14(15)20-6-8)19-7-10-11(16)3-9(5-18)4-12(10)17/h2-4,6,19H,7H2,1H3. The highest BCUT2D eigenvalue weighted by atomic mass is 35.5. The van der Waals surface area contributed by atoms with E-state index in [4.69, 9.17) is 16.9 Å². The van der Waals surface area contributed by atoms with Crippen LogP contribution in [0.3, 0.4) is 0 Å². The van der Waals surface area contributed by atoms with Gasteiger partial charge in [0.1, 0.15) is 11.6 Å². The summed E-state index contributed by atoms with van der Waals surface area (Å²) >= 11 is 5.89. The van der Waals surface area contributed by atoms with Crippen LogP contribution in [0.25, 0.3) is 0 Å². The summed E-state index contributed by atoms with van der Waals surface area (Å²) in [6.45, 7) is 1.74. The summed E-state index contributed by atoms with van der Waals surface area (Å²) < 4.78 is 27.4. The Morgan fingerprint density at radius 3 is 2.55 bits per heavy atom. The molecule has 0 saturated carbocycles. The fraction of sp³-hybridized carbons (Fsp3) is 0.143. The molecule has 2 rings (SSSR count). The second kappa shape index (κ2) is 5.85. The zero-order chi connectivity index (χ0) is 14.7. The van der Waals surface area contributed by atoms with Crippen LogP contribution in [0.5, 0.6) is 0 Å². The van der Waals surface area contributed by atoms with Crippen molar-refractivity contribution in [1.29, 1.82) is 5.26 Å². The molecule has 0 atom stereocenters. The number of nitrogens with zero attached hydrogens (tertiary/aromatic N) is 2. The molecule has 0 aliphatic heterocycles. The molecule has 0 radical (unpaired) electrons. The fourth-order valence-corrected chi connectivity index (χ4v) is 1.87. The molecule has 0 fully saturated rings. The highest BCUT2D eigenvalue weighted by Gasteiger charge is 2.12. The van der Waals surface area contributed by atoms with Crippen LogP contribution >= 0.6 is 11.6 Å². The van der Waals surface area contributed by atoms with Gasteiger partial charge in [-0.2, -0.15) is 5.26 Å². The van der Waals surface area contributed by atoms with E-state index in [1.165, 1.54) is 0 Å². The van der Waals surface area contributed by atoms with Crippen LogP contribution in [0, 0.1) is 29.9 Å². The Kier molecular flexibility index (Phi) is 4.16. The van der Waals surface area contributed by atoms with Crippen LogP contribution in [0.1, 0.15) is 16.7 Å². The van der Waals surface area contributed by atoms with Gasteiger partial charge in [0.15, 0.2) is 5.15 Å². The zero-order valence-corrected chi connectivity index (χ0v) is 11.3. The van der Waals surface area contributed by atoms with E-state index < -0.39 is 11.6 Å². The molecule has 0 amide bonds. The number of benzene rings is 1. The smallest absolute Gasteiger partial charge is 0.152 e. The van der Waals surface area contributed by atoms with E-state index >= 15 is 0 Å². The zero-order valence-electron chi connectivity index (χ0n) is 10.5. The second-order valence-electron chi connectivity index (χ2n) is 4.23. The van der Waals surface area contributed by atoms with Crippen molar-refractivity contribution in [3.8, 4) is 6.07 Å². The molecule has 0 unspecified atom stereocenters. The van der Waals surface area contributed by atoms with E-state index in [1.54, 1.807) is 18.3 Å². The van der Waals surface area contributed by atoms with Crippen molar-refractivity contribution in [2.45, 2.75) is 13.5 Å². The average molecular weight is 294 g/mol. The normalized spacial score (nSPS) is 10.2. The molecule has 1 aromatic heterocycles. The number of aromatic nitrogens is 1. The third-order valence-electron chi connectivity index (χ3n) is 2.70. The van der Waals surface area contributed by atoms with Crippen molar-refractivity contribution in [2.75, 3.05) is 5.32 Å². The number of rotatable bonds is 3. The third kappa shape index (κ3) is 3.03. The number of halogens is 3. The van der Waals surface area contributed by atoms with Gasteiger partial charge >= 0.3 is 0 Å². The lowest BCUT2D eigenvalue weighted by Gasteiger charge is -2.10. The molecule has 102 valence electrons. The SMILES string of the molecule is Cc1cnc(Cl)c(NCc2c(F)cc(C#N)cc2F)c1. The molecule has 0 spiro atoms. The minimum Gasteiger partial charge on any atom is -0.378 e. The Balaban J connectivity index is 2.23. The summed E-state index contributed by atoms with van der Waals surface area (Å²) in [7, 11) is 0. The molecule has 6 heteroatoms. The summed E-state index contributed by atoms with van der Waals surface area (Å²) in [5, 5.41) is 11.7. The molecule has 0 aliphatic carbocycles. The Hall–Kier alpha value is -2.19. The summed E-state index contributed by atoms with van der Waals surface area (Å²) in [4.78, 5) is 3.94. The Labute approximate surface area is 119 Å². The molecule has 1 N–H and O–H groups in total. The first kappa shape index (κ1) is 14.2. The molecule has 20 heavy (non-hydrogen) atoms. The van der Waals surface area contributed by atoms with E-state index in [9.17, 15) is 8.78 Å². The number of hydrogen-bond donors (Lipinski definition) is 1. The Morgan fingerprint density at radius 1 is 1.30 bits per heavy atom. The predicted molar refractivity (Wildman–Crippen MR) is 72.4 cm³/mol. The molecular weight excluding hydrogens is 284 g/mol. The van der Waals surface area contributed by atoms with Gasteiger partial charge in [-0.05, 0) is 30.7 Å².